The van der Waals surface area contributed by atoms with E-state index in [9.17, 15) is 0 Å². The van der Waals surface area contributed by atoms with Crippen LogP contribution in [0.1, 0.15) is 30.9 Å². The highest BCUT2D eigenvalue weighted by atomic mass is 35.5. The van der Waals surface area contributed by atoms with Gasteiger partial charge in [-0.3, -0.25) is 4.90 Å². The summed E-state index contributed by atoms with van der Waals surface area (Å²) in [6, 6.07) is 8.06. The first-order valence-corrected chi connectivity index (χ1v) is 6.54. The van der Waals surface area contributed by atoms with Gasteiger partial charge in [-0.05, 0) is 43.6 Å². The molecule has 0 N–H and O–H groups in total. The van der Waals surface area contributed by atoms with Crippen molar-refractivity contribution in [3.8, 4) is 6.07 Å². The van der Waals surface area contributed by atoms with Crippen LogP contribution in [0.25, 0.3) is 0 Å². The molecule has 1 fully saturated rings. The molecule has 0 aromatic heterocycles. The Balaban J connectivity index is 2.25. The van der Waals surface area contributed by atoms with Crippen LogP contribution in [0.3, 0.4) is 0 Å². The molecule has 17 heavy (non-hydrogen) atoms. The second-order valence-corrected chi connectivity index (χ2v) is 5.11. The number of halogens is 2. The minimum absolute atomic E-state index is 0.150. The maximum absolute atomic E-state index is 8.95. The summed E-state index contributed by atoms with van der Waals surface area (Å²) in [5.41, 5.74) is 1.09. The highest BCUT2D eigenvalue weighted by Crippen LogP contribution is 2.31. The van der Waals surface area contributed by atoms with E-state index in [-0.39, 0.29) is 6.04 Å². The van der Waals surface area contributed by atoms with Crippen LogP contribution < -0.4 is 0 Å². The zero-order valence-electron chi connectivity index (χ0n) is 9.50. The average molecular weight is 269 g/mol. The molecule has 90 valence electrons. The Bertz CT molecular complexity index is 434. The van der Waals surface area contributed by atoms with Gasteiger partial charge in [-0.1, -0.05) is 29.3 Å². The molecule has 1 heterocycles. The fraction of sp³-hybridized carbons (Fsp3) is 0.462. The molecule has 0 spiro atoms. The molecule has 4 heteroatoms. The number of benzene rings is 1. The van der Waals surface area contributed by atoms with Crippen LogP contribution in [0.5, 0.6) is 0 Å². The van der Waals surface area contributed by atoms with E-state index >= 15 is 0 Å². The number of nitriles is 1. The maximum atomic E-state index is 8.95. The second-order valence-electron chi connectivity index (χ2n) is 4.29. The Kier molecular flexibility index (Phi) is 4.28. The summed E-state index contributed by atoms with van der Waals surface area (Å²) >= 11 is 11.9. The lowest BCUT2D eigenvalue weighted by atomic mass is 10.0. The molecule has 1 aromatic rings. The Hall–Kier alpha value is -0.750. The molecule has 0 aliphatic carbocycles. The van der Waals surface area contributed by atoms with Crippen LogP contribution in [-0.2, 0) is 0 Å². The Labute approximate surface area is 112 Å². The van der Waals surface area contributed by atoms with Gasteiger partial charge in [-0.2, -0.15) is 5.26 Å². The fourth-order valence-corrected chi connectivity index (χ4v) is 2.62. The van der Waals surface area contributed by atoms with Crippen molar-refractivity contribution in [2.24, 2.45) is 0 Å². The highest BCUT2D eigenvalue weighted by Gasteiger charge is 2.23. The van der Waals surface area contributed by atoms with E-state index in [1.54, 1.807) is 6.07 Å². The van der Waals surface area contributed by atoms with Gasteiger partial charge in [0, 0.05) is 6.04 Å². The summed E-state index contributed by atoms with van der Waals surface area (Å²) < 4.78 is 0. The number of hydrogen-bond donors (Lipinski definition) is 0. The third-order valence-corrected chi connectivity index (χ3v) is 3.93. The van der Waals surface area contributed by atoms with Crippen LogP contribution in [-0.4, -0.2) is 18.0 Å². The van der Waals surface area contributed by atoms with E-state index in [2.05, 4.69) is 11.0 Å². The van der Waals surface area contributed by atoms with E-state index in [1.165, 1.54) is 12.8 Å². The lowest BCUT2D eigenvalue weighted by Gasteiger charge is -2.26. The van der Waals surface area contributed by atoms with E-state index in [0.29, 0.717) is 16.5 Å². The number of rotatable bonds is 3. The standard InChI is InChI=1S/C13H14Cl2N2/c14-11-4-3-10(9-12(11)15)13(5-6-16)17-7-1-2-8-17/h3-4,9,13H,1-2,5,7-8H2. The summed E-state index contributed by atoms with van der Waals surface area (Å²) in [6.45, 7) is 2.12. The highest BCUT2D eigenvalue weighted by molar-refractivity contribution is 6.42. The quantitative estimate of drug-likeness (QED) is 0.827. The molecular formula is C13H14Cl2N2. The van der Waals surface area contributed by atoms with E-state index in [4.69, 9.17) is 28.5 Å². The Morgan fingerprint density at radius 1 is 1.24 bits per heavy atom. The molecule has 2 nitrogen and oxygen atoms in total. The first-order chi connectivity index (χ1) is 8.22. The second kappa shape index (κ2) is 5.73. The van der Waals surface area contributed by atoms with Crippen molar-refractivity contribution >= 4 is 23.2 Å². The Morgan fingerprint density at radius 2 is 1.94 bits per heavy atom. The van der Waals surface area contributed by atoms with Gasteiger partial charge in [0.25, 0.3) is 0 Å². The molecule has 0 saturated carbocycles. The summed E-state index contributed by atoms with van der Waals surface area (Å²) in [7, 11) is 0. The van der Waals surface area contributed by atoms with Crippen LogP contribution in [0.2, 0.25) is 10.0 Å². The zero-order chi connectivity index (χ0) is 12.3. The first kappa shape index (κ1) is 12.7. The predicted molar refractivity (Wildman–Crippen MR) is 70.2 cm³/mol. The number of nitrogens with zero attached hydrogens (tertiary/aromatic N) is 2. The van der Waals surface area contributed by atoms with Gasteiger partial charge in [-0.25, -0.2) is 0 Å². The lowest BCUT2D eigenvalue weighted by Crippen LogP contribution is -2.25. The minimum Gasteiger partial charge on any atom is -0.295 e. The number of likely N-dealkylation sites (tertiary alicyclic amines) is 1. The van der Waals surface area contributed by atoms with Gasteiger partial charge in [0.2, 0.25) is 0 Å². The normalized spacial score (nSPS) is 17.9. The van der Waals surface area contributed by atoms with Gasteiger partial charge in [-0.15, -0.1) is 0 Å². The van der Waals surface area contributed by atoms with Crippen molar-refractivity contribution in [2.75, 3.05) is 13.1 Å². The molecule has 0 radical (unpaired) electrons. The van der Waals surface area contributed by atoms with Crippen molar-refractivity contribution in [3.05, 3.63) is 33.8 Å². The Morgan fingerprint density at radius 3 is 2.53 bits per heavy atom. The van der Waals surface area contributed by atoms with Gasteiger partial charge in [0.15, 0.2) is 0 Å². The smallest absolute Gasteiger partial charge is 0.0641 e. The van der Waals surface area contributed by atoms with Crippen molar-refractivity contribution in [1.29, 1.82) is 5.26 Å². The molecule has 0 bridgehead atoms. The molecule has 1 aliphatic rings. The fourth-order valence-electron chi connectivity index (χ4n) is 2.32. The van der Waals surface area contributed by atoms with Gasteiger partial charge in [0.05, 0.1) is 22.5 Å². The largest absolute Gasteiger partial charge is 0.295 e. The minimum atomic E-state index is 0.150. The van der Waals surface area contributed by atoms with Gasteiger partial charge < -0.3 is 0 Å². The third kappa shape index (κ3) is 2.93. The van der Waals surface area contributed by atoms with Crippen LogP contribution in [0, 0.1) is 11.3 Å². The summed E-state index contributed by atoms with van der Waals surface area (Å²) in [6.07, 6.45) is 2.92. The molecule has 1 aromatic carbocycles. The van der Waals surface area contributed by atoms with E-state index in [1.807, 2.05) is 12.1 Å². The van der Waals surface area contributed by atoms with E-state index in [0.717, 1.165) is 18.7 Å². The molecule has 2 rings (SSSR count). The maximum Gasteiger partial charge on any atom is 0.0641 e. The molecular weight excluding hydrogens is 255 g/mol. The number of hydrogen-bond acceptors (Lipinski definition) is 2. The third-order valence-electron chi connectivity index (χ3n) is 3.19. The SMILES string of the molecule is N#CCC(c1ccc(Cl)c(Cl)c1)N1CCCC1. The van der Waals surface area contributed by atoms with Crippen LogP contribution >= 0.6 is 23.2 Å². The topological polar surface area (TPSA) is 27.0 Å². The molecule has 1 atom stereocenters. The monoisotopic (exact) mass is 268 g/mol. The van der Waals surface area contributed by atoms with Crippen LogP contribution in [0.15, 0.2) is 18.2 Å². The predicted octanol–water partition coefficient (Wildman–Crippen LogP) is 4.04. The van der Waals surface area contributed by atoms with Gasteiger partial charge >= 0.3 is 0 Å². The van der Waals surface area contributed by atoms with Crippen molar-refractivity contribution in [1.82, 2.24) is 4.90 Å². The zero-order valence-corrected chi connectivity index (χ0v) is 11.0. The van der Waals surface area contributed by atoms with E-state index < -0.39 is 0 Å². The molecule has 1 saturated heterocycles. The van der Waals surface area contributed by atoms with Crippen molar-refractivity contribution in [2.45, 2.75) is 25.3 Å². The summed E-state index contributed by atoms with van der Waals surface area (Å²) in [5.74, 6) is 0. The van der Waals surface area contributed by atoms with Crippen LogP contribution in [0.4, 0.5) is 0 Å². The van der Waals surface area contributed by atoms with Crippen molar-refractivity contribution < 1.29 is 0 Å². The first-order valence-electron chi connectivity index (χ1n) is 5.78. The summed E-state index contributed by atoms with van der Waals surface area (Å²) in [5, 5.41) is 10.1. The summed E-state index contributed by atoms with van der Waals surface area (Å²) in [4.78, 5) is 2.35. The molecule has 0 amide bonds. The average Bonchev–Trinajstić information content (AvgIpc) is 2.83. The molecule has 1 unspecified atom stereocenters. The van der Waals surface area contributed by atoms with Gasteiger partial charge in [0.1, 0.15) is 0 Å². The molecule has 1 aliphatic heterocycles. The lowest BCUT2D eigenvalue weighted by molar-refractivity contribution is 0.249. The van der Waals surface area contributed by atoms with Crippen molar-refractivity contribution in [3.63, 3.8) is 0 Å².